The molecule has 2 fully saturated rings. The summed E-state index contributed by atoms with van der Waals surface area (Å²) in [6.45, 7) is 13.1. The maximum Gasteiger partial charge on any atom is 0.228 e. The molecule has 11 heteroatoms. The molecule has 4 aliphatic rings. The number of aliphatic imine (C=N–C) groups is 1. The number of aliphatic hydroxyl groups excluding tert-OH is 2. The fourth-order valence-corrected chi connectivity index (χ4v) is 7.44. The fourth-order valence-electron chi connectivity index (χ4n) is 7.15. The van der Waals surface area contributed by atoms with E-state index in [1.807, 2.05) is 21.9 Å². The minimum Gasteiger partial charge on any atom is -0.488 e. The first-order chi connectivity index (χ1) is 20.4. The second kappa shape index (κ2) is 10.8. The highest BCUT2D eigenvalue weighted by atomic mass is 35.5. The van der Waals surface area contributed by atoms with Gasteiger partial charge < -0.3 is 34.6 Å². The Morgan fingerprint density at radius 1 is 1.21 bits per heavy atom. The topological polar surface area (TPSA) is 104 Å². The van der Waals surface area contributed by atoms with Crippen molar-refractivity contribution < 1.29 is 14.9 Å². The lowest BCUT2D eigenvalue weighted by molar-refractivity contribution is 0.00208. The van der Waals surface area contributed by atoms with Crippen LogP contribution in [-0.4, -0.2) is 111 Å². The molecule has 5 heterocycles. The first-order valence-corrected chi connectivity index (χ1v) is 15.2. The molecular weight excluding hydrogens is 554 g/mol. The predicted octanol–water partition coefficient (Wildman–Crippen LogP) is 3.40. The number of halogens is 1. The van der Waals surface area contributed by atoms with Crippen molar-refractivity contribution in [1.29, 1.82) is 0 Å². The molecule has 1 aromatic heterocycles. The number of nitrogens with one attached hydrogen (secondary N) is 1. The number of aromatic amines is 1. The molecule has 0 amide bonds. The van der Waals surface area contributed by atoms with Crippen LogP contribution in [-0.2, 0) is 0 Å². The summed E-state index contributed by atoms with van der Waals surface area (Å²) in [4.78, 5) is 21.5. The number of aromatic nitrogens is 2. The minimum atomic E-state index is -1.07. The molecule has 4 atom stereocenters. The maximum atomic E-state index is 11.7. The van der Waals surface area contributed by atoms with Crippen LogP contribution in [0.15, 0.2) is 42.2 Å². The van der Waals surface area contributed by atoms with Crippen molar-refractivity contribution in [1.82, 2.24) is 24.7 Å². The molecular formula is C31H38ClN7O3. The number of hydrogen-bond donors (Lipinski definition) is 3. The maximum absolute atomic E-state index is 11.7. The van der Waals surface area contributed by atoms with Crippen LogP contribution in [0, 0.1) is 6.92 Å². The lowest BCUT2D eigenvalue weighted by Crippen LogP contribution is -2.59. The number of benzene rings is 2. The third-order valence-corrected chi connectivity index (χ3v) is 9.54. The van der Waals surface area contributed by atoms with Gasteiger partial charge in [0, 0.05) is 48.9 Å². The quantitative estimate of drug-likeness (QED) is 0.388. The molecule has 7 rings (SSSR count). The van der Waals surface area contributed by atoms with Crippen molar-refractivity contribution >= 4 is 34.2 Å². The number of anilines is 1. The van der Waals surface area contributed by atoms with E-state index in [0.29, 0.717) is 42.8 Å². The largest absolute Gasteiger partial charge is 0.488 e. The second-order valence-corrected chi connectivity index (χ2v) is 12.3. The summed E-state index contributed by atoms with van der Waals surface area (Å²) in [6, 6.07) is 6.04. The molecule has 0 radical (unpaired) electrons. The van der Waals surface area contributed by atoms with Gasteiger partial charge in [-0.1, -0.05) is 24.2 Å². The van der Waals surface area contributed by atoms with E-state index in [1.165, 1.54) is 12.8 Å². The molecule has 42 heavy (non-hydrogen) atoms. The Morgan fingerprint density at radius 3 is 2.79 bits per heavy atom. The summed E-state index contributed by atoms with van der Waals surface area (Å²) in [5, 5.41) is 22.7. The molecule has 3 unspecified atom stereocenters. The number of H-pyrrole nitrogens is 1. The van der Waals surface area contributed by atoms with Crippen molar-refractivity contribution in [3.8, 4) is 16.9 Å². The summed E-state index contributed by atoms with van der Waals surface area (Å²) in [5.41, 5.74) is 6.19. The monoisotopic (exact) mass is 591 g/mol. The van der Waals surface area contributed by atoms with Gasteiger partial charge in [0.15, 0.2) is 5.75 Å². The lowest BCUT2D eigenvalue weighted by Gasteiger charge is -2.48. The molecule has 4 aliphatic heterocycles. The number of fused-ring (bicyclic) bond motifs is 1. The van der Waals surface area contributed by atoms with Crippen LogP contribution in [0.1, 0.15) is 30.9 Å². The zero-order valence-corrected chi connectivity index (χ0v) is 24.9. The van der Waals surface area contributed by atoms with Gasteiger partial charge in [-0.3, -0.25) is 4.90 Å². The van der Waals surface area contributed by atoms with Crippen LogP contribution >= 0.6 is 11.6 Å². The van der Waals surface area contributed by atoms with E-state index in [0.717, 1.165) is 58.6 Å². The average molecular weight is 592 g/mol. The predicted molar refractivity (Wildman–Crippen MR) is 165 cm³/mol. The Kier molecular flexibility index (Phi) is 7.14. The van der Waals surface area contributed by atoms with Gasteiger partial charge in [0.25, 0.3) is 0 Å². The van der Waals surface area contributed by atoms with E-state index in [4.69, 9.17) is 21.3 Å². The van der Waals surface area contributed by atoms with Crippen molar-refractivity contribution in [3.63, 3.8) is 0 Å². The third kappa shape index (κ3) is 4.48. The van der Waals surface area contributed by atoms with Crippen molar-refractivity contribution in [2.45, 2.75) is 51.4 Å². The number of imidazole rings is 1. The third-order valence-electron chi connectivity index (χ3n) is 9.24. The average Bonchev–Trinajstić information content (AvgIpc) is 3.68. The molecule has 222 valence electrons. The van der Waals surface area contributed by atoms with Crippen LogP contribution < -0.4 is 9.64 Å². The highest BCUT2D eigenvalue weighted by Crippen LogP contribution is 2.52. The summed E-state index contributed by atoms with van der Waals surface area (Å²) in [7, 11) is 0. The zero-order chi connectivity index (χ0) is 29.1. The summed E-state index contributed by atoms with van der Waals surface area (Å²) < 4.78 is 6.69. The normalized spacial score (nSPS) is 25.4. The number of aryl methyl sites for hydroxylation is 1. The molecule has 2 saturated heterocycles. The lowest BCUT2D eigenvalue weighted by atomic mass is 9.92. The smallest absolute Gasteiger partial charge is 0.228 e. The molecule has 3 aromatic rings. The highest BCUT2D eigenvalue weighted by Gasteiger charge is 2.43. The molecule has 3 N–H and O–H groups in total. The first kappa shape index (κ1) is 27.7. The molecule has 0 saturated carbocycles. The molecule has 0 aliphatic carbocycles. The molecule has 10 nitrogen and oxygen atoms in total. The van der Waals surface area contributed by atoms with Crippen LogP contribution in [0.2, 0.25) is 5.02 Å². The fraction of sp³-hybridized carbons (Fsp3) is 0.484. The number of rotatable bonds is 5. The van der Waals surface area contributed by atoms with Gasteiger partial charge in [0.05, 0.1) is 34.1 Å². The second-order valence-electron chi connectivity index (χ2n) is 11.9. The highest BCUT2D eigenvalue weighted by molar-refractivity contribution is 6.35. The number of piperazine rings is 1. The Morgan fingerprint density at radius 2 is 2.02 bits per heavy atom. The number of aliphatic hydroxyl groups is 2. The van der Waals surface area contributed by atoms with Crippen LogP contribution in [0.5, 0.6) is 5.75 Å². The van der Waals surface area contributed by atoms with E-state index in [1.54, 1.807) is 12.4 Å². The van der Waals surface area contributed by atoms with Gasteiger partial charge >= 0.3 is 0 Å². The van der Waals surface area contributed by atoms with E-state index >= 15 is 0 Å². The van der Waals surface area contributed by atoms with E-state index < -0.39 is 12.6 Å². The SMILES string of the molecule is C=CC(O)N1CCN(C2=NC(O)N3c4c2cc(Cl)c(-c2c(C)ccc5[nH]cnc25)c4OCC3CN2CCCC2)[C@@H](C)C1. The Labute approximate surface area is 250 Å². The summed E-state index contributed by atoms with van der Waals surface area (Å²) >= 11 is 7.19. The van der Waals surface area contributed by atoms with Crippen molar-refractivity contribution in [2.24, 2.45) is 4.99 Å². The van der Waals surface area contributed by atoms with Gasteiger partial charge in [-0.2, -0.15) is 0 Å². The van der Waals surface area contributed by atoms with Crippen molar-refractivity contribution in [2.75, 3.05) is 50.8 Å². The van der Waals surface area contributed by atoms with Crippen molar-refractivity contribution in [3.05, 3.63) is 53.3 Å². The number of hydrogen-bond acceptors (Lipinski definition) is 9. The zero-order valence-electron chi connectivity index (χ0n) is 24.1. The van der Waals surface area contributed by atoms with Gasteiger partial charge in [0.1, 0.15) is 18.7 Å². The molecule has 2 aromatic carbocycles. The summed E-state index contributed by atoms with van der Waals surface area (Å²) in [6.07, 6.45) is 3.87. The van der Waals surface area contributed by atoms with E-state index in [2.05, 4.69) is 46.3 Å². The minimum absolute atomic E-state index is 0.0323. The summed E-state index contributed by atoms with van der Waals surface area (Å²) in [5.74, 6) is 1.36. The molecule has 0 spiro atoms. The van der Waals surface area contributed by atoms with Gasteiger partial charge in [-0.15, -0.1) is 0 Å². The Bertz CT molecular complexity index is 1550. The van der Waals surface area contributed by atoms with Gasteiger partial charge in [0.2, 0.25) is 6.35 Å². The number of likely N-dealkylation sites (tertiary alicyclic amines) is 1. The molecule has 0 bridgehead atoms. The van der Waals surface area contributed by atoms with E-state index in [-0.39, 0.29) is 12.1 Å². The van der Waals surface area contributed by atoms with Crippen LogP contribution in [0.3, 0.4) is 0 Å². The Hall–Kier alpha value is -3.15. The first-order valence-electron chi connectivity index (χ1n) is 14.9. The van der Waals surface area contributed by atoms with Gasteiger partial charge in [-0.25, -0.2) is 9.98 Å². The van der Waals surface area contributed by atoms with Gasteiger partial charge in [-0.05, 0) is 63.6 Å². The van der Waals surface area contributed by atoms with Crippen LogP contribution in [0.25, 0.3) is 22.2 Å². The van der Waals surface area contributed by atoms with E-state index in [9.17, 15) is 10.2 Å². The number of ether oxygens (including phenoxy) is 1. The Balaban J connectivity index is 1.37. The van der Waals surface area contributed by atoms with Crippen LogP contribution in [0.4, 0.5) is 5.69 Å². The standard InChI is InChI=1S/C31H38ClN7O3/c1-4-24(40)37-11-12-38(19(3)14-37)30-21-13-22(32)26(25-18(2)7-8-23-27(25)34-17-33-23)29-28(21)39(31(41)35-30)20(16-42-29)15-36-9-5-6-10-36/h4,7-8,13,17,19-20,24,31,40-41H,1,5-6,9-12,14-16H2,2-3H3,(H,33,34)/t19-,20?,24?,31?/m0/s1. The number of nitrogens with zero attached hydrogens (tertiary/aromatic N) is 6. The number of amidine groups is 1.